The van der Waals surface area contributed by atoms with Crippen LogP contribution in [0.15, 0.2) is 23.1 Å². The van der Waals surface area contributed by atoms with E-state index in [1.54, 1.807) is 6.92 Å². The molecule has 0 heterocycles. The Hall–Kier alpha value is -1.45. The lowest BCUT2D eigenvalue weighted by atomic mass is 10.2. The average Bonchev–Trinajstić information content (AvgIpc) is 2.28. The summed E-state index contributed by atoms with van der Waals surface area (Å²) in [5, 5.41) is 6.23. The number of sulfone groups is 1. The Labute approximate surface area is 118 Å². The number of hydrogen-bond donors (Lipinski definition) is 2. The Morgan fingerprint density at radius 2 is 1.80 bits per heavy atom. The van der Waals surface area contributed by atoms with E-state index in [1.165, 1.54) is 25.1 Å². The maximum Gasteiger partial charge on any atom is 0.242 e. The lowest BCUT2D eigenvalue weighted by Gasteiger charge is -2.13. The minimum atomic E-state index is -3.82. The van der Waals surface area contributed by atoms with Crippen LogP contribution in [0.25, 0.3) is 0 Å². The molecule has 0 aliphatic heterocycles. The second kappa shape index (κ2) is 5.51. The van der Waals surface area contributed by atoms with Crippen LogP contribution < -0.4 is 10.5 Å². The largest absolute Gasteiger partial charge is 0.325 e. The van der Waals surface area contributed by atoms with Gasteiger partial charge in [-0.3, -0.25) is 4.79 Å². The number of benzene rings is 1. The monoisotopic (exact) mass is 320 g/mol. The van der Waals surface area contributed by atoms with E-state index in [9.17, 15) is 21.6 Å². The van der Waals surface area contributed by atoms with Crippen LogP contribution in [-0.4, -0.2) is 34.2 Å². The van der Waals surface area contributed by atoms with Crippen LogP contribution in [0.1, 0.15) is 12.5 Å². The number of nitrogens with two attached hydrogens (primary N) is 1. The molecule has 1 atom stereocenters. The molecule has 0 aromatic heterocycles. The van der Waals surface area contributed by atoms with Gasteiger partial charge < -0.3 is 5.32 Å². The van der Waals surface area contributed by atoms with Crippen molar-refractivity contribution >= 4 is 31.5 Å². The molecule has 20 heavy (non-hydrogen) atoms. The third-order valence-electron chi connectivity index (χ3n) is 2.80. The van der Waals surface area contributed by atoms with Crippen molar-refractivity contribution in [2.75, 3.05) is 11.6 Å². The Bertz CT molecular complexity index is 738. The van der Waals surface area contributed by atoms with Crippen molar-refractivity contribution in [3.05, 3.63) is 23.8 Å². The van der Waals surface area contributed by atoms with Gasteiger partial charge in [0.05, 0.1) is 4.90 Å². The number of carbonyl (C=O) groups excluding carboxylic acids is 1. The second-order valence-corrected chi connectivity index (χ2v) is 8.41. The molecule has 1 unspecified atom stereocenters. The zero-order valence-corrected chi connectivity index (χ0v) is 12.9. The first-order valence-corrected chi connectivity index (χ1v) is 9.06. The maximum absolute atomic E-state index is 11.8. The molecule has 9 heteroatoms. The zero-order chi connectivity index (χ0) is 15.7. The Kier molecular flexibility index (Phi) is 4.57. The topological polar surface area (TPSA) is 123 Å². The third-order valence-corrected chi connectivity index (χ3v) is 5.21. The summed E-state index contributed by atoms with van der Waals surface area (Å²) in [6.45, 7) is 2.86. The molecule has 0 radical (unpaired) electrons. The Morgan fingerprint density at radius 1 is 1.25 bits per heavy atom. The normalized spacial score (nSPS) is 13.8. The fraction of sp³-hybridized carbons (Fsp3) is 0.364. The molecule has 0 saturated carbocycles. The van der Waals surface area contributed by atoms with Crippen LogP contribution in [-0.2, 0) is 24.7 Å². The minimum absolute atomic E-state index is 0.0795. The summed E-state index contributed by atoms with van der Waals surface area (Å²) in [6.07, 6.45) is 0.966. The van der Waals surface area contributed by atoms with Crippen molar-refractivity contribution in [2.45, 2.75) is 24.0 Å². The van der Waals surface area contributed by atoms with Crippen LogP contribution >= 0.6 is 0 Å². The molecule has 112 valence electrons. The third kappa shape index (κ3) is 4.02. The Morgan fingerprint density at radius 3 is 2.20 bits per heavy atom. The van der Waals surface area contributed by atoms with Gasteiger partial charge >= 0.3 is 0 Å². The number of rotatable bonds is 4. The van der Waals surface area contributed by atoms with Crippen molar-refractivity contribution in [1.82, 2.24) is 0 Å². The van der Waals surface area contributed by atoms with Crippen molar-refractivity contribution < 1.29 is 21.6 Å². The quantitative estimate of drug-likeness (QED) is 0.809. The van der Waals surface area contributed by atoms with E-state index in [0.717, 1.165) is 6.26 Å². The lowest BCUT2D eigenvalue weighted by molar-refractivity contribution is -0.115. The first-order chi connectivity index (χ1) is 8.93. The fourth-order valence-electron chi connectivity index (χ4n) is 1.38. The molecular weight excluding hydrogens is 304 g/mol. The minimum Gasteiger partial charge on any atom is -0.325 e. The summed E-state index contributed by atoms with van der Waals surface area (Å²) in [5.74, 6) is -0.682. The van der Waals surface area contributed by atoms with E-state index in [-0.39, 0.29) is 4.90 Å². The number of amides is 1. The molecule has 0 saturated heterocycles. The van der Waals surface area contributed by atoms with Gasteiger partial charge in [0.15, 0.2) is 9.84 Å². The van der Waals surface area contributed by atoms with Gasteiger partial charge in [-0.2, -0.15) is 0 Å². The summed E-state index contributed by atoms with van der Waals surface area (Å²) in [7, 11) is -7.31. The number of hydrogen-bond acceptors (Lipinski definition) is 5. The Balaban J connectivity index is 3.04. The van der Waals surface area contributed by atoms with Crippen LogP contribution in [0.4, 0.5) is 5.69 Å². The predicted molar refractivity (Wildman–Crippen MR) is 75.5 cm³/mol. The number of nitrogens with one attached hydrogen (secondary N) is 1. The molecule has 0 spiro atoms. The summed E-state index contributed by atoms with van der Waals surface area (Å²) >= 11 is 0. The van der Waals surface area contributed by atoms with Crippen LogP contribution in [0.5, 0.6) is 0 Å². The molecule has 0 aliphatic carbocycles. The highest BCUT2D eigenvalue weighted by Crippen LogP contribution is 2.19. The molecule has 3 N–H and O–H groups in total. The highest BCUT2D eigenvalue weighted by atomic mass is 32.2. The number of sulfonamides is 1. The van der Waals surface area contributed by atoms with Crippen LogP contribution in [0.3, 0.4) is 0 Å². The molecule has 0 bridgehead atoms. The van der Waals surface area contributed by atoms with Crippen molar-refractivity contribution in [1.29, 1.82) is 0 Å². The summed E-state index contributed by atoms with van der Waals surface area (Å²) < 4.78 is 44.9. The number of primary sulfonamides is 1. The van der Waals surface area contributed by atoms with Crippen molar-refractivity contribution in [3.63, 3.8) is 0 Å². The summed E-state index contributed by atoms with van der Waals surface area (Å²) in [4.78, 5) is 11.7. The molecule has 1 amide bonds. The SMILES string of the molecule is Cc1cc(S(N)(=O)=O)ccc1NC(=O)C(C)S(C)(=O)=O. The zero-order valence-electron chi connectivity index (χ0n) is 11.2. The molecule has 7 nitrogen and oxygen atoms in total. The van der Waals surface area contributed by atoms with Gasteiger partial charge in [-0.05, 0) is 37.6 Å². The maximum atomic E-state index is 11.8. The van der Waals surface area contributed by atoms with Crippen molar-refractivity contribution in [3.8, 4) is 0 Å². The molecule has 1 aromatic carbocycles. The van der Waals surface area contributed by atoms with Crippen molar-refractivity contribution in [2.24, 2.45) is 5.14 Å². The molecule has 0 aliphatic rings. The van der Waals surface area contributed by atoms with Gasteiger partial charge in [0.2, 0.25) is 15.9 Å². The van der Waals surface area contributed by atoms with Crippen LogP contribution in [0.2, 0.25) is 0 Å². The second-order valence-electron chi connectivity index (χ2n) is 4.48. The molecule has 0 fully saturated rings. The van der Waals surface area contributed by atoms with Gasteiger partial charge in [0.25, 0.3) is 0 Å². The van der Waals surface area contributed by atoms with Gasteiger partial charge in [-0.1, -0.05) is 0 Å². The average molecular weight is 320 g/mol. The van der Waals surface area contributed by atoms with E-state index < -0.39 is 31.0 Å². The lowest BCUT2D eigenvalue weighted by Crippen LogP contribution is -2.32. The first kappa shape index (κ1) is 16.6. The standard InChI is InChI=1S/C11H16N2O5S2/c1-7-6-9(20(12,17)18)4-5-10(7)13-11(14)8(2)19(3,15)16/h4-6,8H,1-3H3,(H,13,14)(H2,12,17,18). The van der Waals surface area contributed by atoms with Crippen LogP contribution in [0, 0.1) is 6.92 Å². The summed E-state index contributed by atoms with van der Waals surface area (Å²) in [6, 6.07) is 3.90. The highest BCUT2D eigenvalue weighted by molar-refractivity contribution is 7.92. The number of aryl methyl sites for hydroxylation is 1. The van der Waals surface area contributed by atoms with E-state index in [0.29, 0.717) is 11.3 Å². The first-order valence-electron chi connectivity index (χ1n) is 5.56. The molecule has 1 aromatic rings. The smallest absolute Gasteiger partial charge is 0.242 e. The fourth-order valence-corrected chi connectivity index (χ4v) is 2.43. The van der Waals surface area contributed by atoms with Gasteiger partial charge in [0, 0.05) is 11.9 Å². The molecule has 1 rings (SSSR count). The highest BCUT2D eigenvalue weighted by Gasteiger charge is 2.24. The number of carbonyl (C=O) groups is 1. The number of anilines is 1. The van der Waals surface area contributed by atoms with Gasteiger partial charge in [0.1, 0.15) is 5.25 Å². The van der Waals surface area contributed by atoms with E-state index >= 15 is 0 Å². The van der Waals surface area contributed by atoms with E-state index in [1.807, 2.05) is 0 Å². The van der Waals surface area contributed by atoms with Gasteiger partial charge in [-0.25, -0.2) is 22.0 Å². The van der Waals surface area contributed by atoms with Gasteiger partial charge in [-0.15, -0.1) is 0 Å². The molecular formula is C11H16N2O5S2. The van der Waals surface area contributed by atoms with E-state index in [2.05, 4.69) is 5.32 Å². The summed E-state index contributed by atoms with van der Waals surface area (Å²) in [5.41, 5.74) is 0.795. The predicted octanol–water partition coefficient (Wildman–Crippen LogP) is 0.0140. The van der Waals surface area contributed by atoms with E-state index in [4.69, 9.17) is 5.14 Å².